The van der Waals surface area contributed by atoms with E-state index in [1.807, 2.05) is 13.0 Å². The molecule has 3 heteroatoms. The van der Waals surface area contributed by atoms with Crippen molar-refractivity contribution < 1.29 is 13.5 Å². The van der Waals surface area contributed by atoms with Crippen LogP contribution in [0.4, 0.5) is 8.78 Å². The molecule has 162 valence electrons. The highest BCUT2D eigenvalue weighted by molar-refractivity contribution is 5.40. The zero-order valence-corrected chi connectivity index (χ0v) is 18.4. The summed E-state index contributed by atoms with van der Waals surface area (Å²) in [6.07, 6.45) is 9.30. The second-order valence-electron chi connectivity index (χ2n) is 9.21. The standard InChI is InChI=1S/C27H34F2O/c1-3-5-18-6-8-19(9-7-18)23-16-25(28)27(26(29)17-23)22-11-10-21-15-24(30-4-2)13-12-20(21)14-22/h12-13,15-19,22H,3-11,14H2,1-2H3. The van der Waals surface area contributed by atoms with E-state index in [0.29, 0.717) is 18.9 Å². The minimum atomic E-state index is -0.347. The van der Waals surface area contributed by atoms with Crippen molar-refractivity contribution in [2.45, 2.75) is 83.5 Å². The van der Waals surface area contributed by atoms with Gasteiger partial charge < -0.3 is 4.74 Å². The lowest BCUT2D eigenvalue weighted by Gasteiger charge is -2.30. The van der Waals surface area contributed by atoms with Crippen LogP contribution >= 0.6 is 0 Å². The smallest absolute Gasteiger partial charge is 0.129 e. The summed E-state index contributed by atoms with van der Waals surface area (Å²) in [5, 5.41) is 0. The summed E-state index contributed by atoms with van der Waals surface area (Å²) in [6.45, 7) is 4.85. The second kappa shape index (κ2) is 9.49. The van der Waals surface area contributed by atoms with Gasteiger partial charge >= 0.3 is 0 Å². The van der Waals surface area contributed by atoms with Gasteiger partial charge in [-0.2, -0.15) is 0 Å². The third-order valence-electron chi connectivity index (χ3n) is 7.24. The Morgan fingerprint density at radius 3 is 2.27 bits per heavy atom. The molecule has 1 saturated carbocycles. The van der Waals surface area contributed by atoms with Crippen LogP contribution < -0.4 is 4.74 Å². The fourth-order valence-electron chi connectivity index (χ4n) is 5.66. The Hall–Kier alpha value is -1.90. The molecule has 2 aromatic carbocycles. The molecule has 0 aliphatic heterocycles. The molecule has 1 unspecified atom stereocenters. The summed E-state index contributed by atoms with van der Waals surface area (Å²) in [5.41, 5.74) is 3.59. The van der Waals surface area contributed by atoms with E-state index in [1.165, 1.54) is 36.8 Å². The molecule has 2 aliphatic carbocycles. The molecule has 4 rings (SSSR count). The number of benzene rings is 2. The molecule has 1 fully saturated rings. The zero-order chi connectivity index (χ0) is 21.1. The van der Waals surface area contributed by atoms with Gasteiger partial charge in [-0.3, -0.25) is 0 Å². The van der Waals surface area contributed by atoms with Crippen molar-refractivity contribution in [3.8, 4) is 5.75 Å². The number of hydrogen-bond acceptors (Lipinski definition) is 1. The largest absolute Gasteiger partial charge is 0.494 e. The van der Waals surface area contributed by atoms with Gasteiger partial charge in [0.05, 0.1) is 6.61 Å². The highest BCUT2D eigenvalue weighted by atomic mass is 19.1. The normalized spacial score (nSPS) is 23.8. The van der Waals surface area contributed by atoms with Gasteiger partial charge in [-0.25, -0.2) is 8.78 Å². The summed E-state index contributed by atoms with van der Waals surface area (Å²) in [5.74, 6) is 1.20. The van der Waals surface area contributed by atoms with Gasteiger partial charge in [0.2, 0.25) is 0 Å². The topological polar surface area (TPSA) is 9.23 Å². The average Bonchev–Trinajstić information content (AvgIpc) is 2.74. The van der Waals surface area contributed by atoms with Crippen LogP contribution in [0.25, 0.3) is 0 Å². The number of aryl methyl sites for hydroxylation is 1. The van der Waals surface area contributed by atoms with E-state index in [0.717, 1.165) is 42.9 Å². The van der Waals surface area contributed by atoms with Crippen LogP contribution in [0.5, 0.6) is 5.75 Å². The molecule has 0 N–H and O–H groups in total. The van der Waals surface area contributed by atoms with Crippen molar-refractivity contribution in [2.24, 2.45) is 5.92 Å². The van der Waals surface area contributed by atoms with Crippen LogP contribution in [0.1, 0.15) is 92.9 Å². The van der Waals surface area contributed by atoms with Crippen molar-refractivity contribution in [3.63, 3.8) is 0 Å². The maximum absolute atomic E-state index is 15.1. The fourth-order valence-corrected chi connectivity index (χ4v) is 5.66. The number of hydrogen-bond donors (Lipinski definition) is 0. The van der Waals surface area contributed by atoms with Gasteiger partial charge in [0, 0.05) is 5.56 Å². The molecule has 0 saturated heterocycles. The molecule has 0 amide bonds. The Bertz CT molecular complexity index is 844. The first kappa shape index (κ1) is 21.3. The van der Waals surface area contributed by atoms with Crippen LogP contribution in [0.3, 0.4) is 0 Å². The highest BCUT2D eigenvalue weighted by Gasteiger charge is 2.28. The van der Waals surface area contributed by atoms with Gasteiger partial charge in [-0.1, -0.05) is 25.8 Å². The quantitative estimate of drug-likeness (QED) is 0.472. The molecule has 0 radical (unpaired) electrons. The average molecular weight is 413 g/mol. The van der Waals surface area contributed by atoms with Crippen LogP contribution in [-0.2, 0) is 12.8 Å². The predicted octanol–water partition coefficient (Wildman–Crippen LogP) is 7.71. The summed E-state index contributed by atoms with van der Waals surface area (Å²) in [6, 6.07) is 9.38. The molecule has 1 nitrogen and oxygen atoms in total. The number of rotatable bonds is 6. The van der Waals surface area contributed by atoms with Gasteiger partial charge in [0.15, 0.2) is 0 Å². The molecular weight excluding hydrogens is 378 g/mol. The Balaban J connectivity index is 1.49. The fraction of sp³-hybridized carbons (Fsp3) is 0.556. The van der Waals surface area contributed by atoms with Gasteiger partial charge in [0.1, 0.15) is 17.4 Å². The van der Waals surface area contributed by atoms with E-state index in [9.17, 15) is 0 Å². The van der Waals surface area contributed by atoms with E-state index in [4.69, 9.17) is 4.74 Å². The van der Waals surface area contributed by atoms with E-state index in [1.54, 1.807) is 12.1 Å². The highest BCUT2D eigenvalue weighted by Crippen LogP contribution is 2.41. The third-order valence-corrected chi connectivity index (χ3v) is 7.24. The van der Waals surface area contributed by atoms with Gasteiger partial charge in [-0.05, 0) is 111 Å². The number of ether oxygens (including phenoxy) is 1. The molecule has 0 bridgehead atoms. The molecule has 30 heavy (non-hydrogen) atoms. The second-order valence-corrected chi connectivity index (χ2v) is 9.21. The van der Waals surface area contributed by atoms with Crippen molar-refractivity contribution >= 4 is 0 Å². The lowest BCUT2D eigenvalue weighted by Crippen LogP contribution is -2.17. The molecule has 1 atom stereocenters. The molecule has 2 aliphatic rings. The Labute approximate surface area is 179 Å². The molecule has 0 aromatic heterocycles. The van der Waals surface area contributed by atoms with Crippen molar-refractivity contribution in [1.29, 1.82) is 0 Å². The van der Waals surface area contributed by atoms with E-state index in [-0.39, 0.29) is 23.1 Å². The van der Waals surface area contributed by atoms with E-state index < -0.39 is 0 Å². The predicted molar refractivity (Wildman–Crippen MR) is 118 cm³/mol. The first-order chi connectivity index (χ1) is 14.6. The lowest BCUT2D eigenvalue weighted by atomic mass is 9.76. The van der Waals surface area contributed by atoms with Crippen molar-refractivity contribution in [1.82, 2.24) is 0 Å². The maximum atomic E-state index is 15.1. The molecule has 2 aromatic rings. The van der Waals surface area contributed by atoms with E-state index >= 15 is 8.78 Å². The van der Waals surface area contributed by atoms with Crippen molar-refractivity contribution in [2.75, 3.05) is 6.61 Å². The Kier molecular flexibility index (Phi) is 6.75. The van der Waals surface area contributed by atoms with Crippen LogP contribution in [0.2, 0.25) is 0 Å². The summed E-state index contributed by atoms with van der Waals surface area (Å²) >= 11 is 0. The Morgan fingerprint density at radius 2 is 1.60 bits per heavy atom. The first-order valence-electron chi connectivity index (χ1n) is 11.8. The number of fused-ring (bicyclic) bond motifs is 1. The number of halogens is 2. The van der Waals surface area contributed by atoms with Crippen LogP contribution in [-0.4, -0.2) is 6.61 Å². The Morgan fingerprint density at radius 1 is 0.867 bits per heavy atom. The minimum absolute atomic E-state index is 0.0928. The van der Waals surface area contributed by atoms with Crippen LogP contribution in [0.15, 0.2) is 30.3 Å². The zero-order valence-electron chi connectivity index (χ0n) is 18.4. The first-order valence-corrected chi connectivity index (χ1v) is 11.8. The third kappa shape index (κ3) is 4.55. The van der Waals surface area contributed by atoms with E-state index in [2.05, 4.69) is 19.1 Å². The molecule has 0 heterocycles. The van der Waals surface area contributed by atoms with Crippen LogP contribution in [0, 0.1) is 17.6 Å². The summed E-state index contributed by atoms with van der Waals surface area (Å²) in [7, 11) is 0. The summed E-state index contributed by atoms with van der Waals surface area (Å²) in [4.78, 5) is 0. The van der Waals surface area contributed by atoms with Gasteiger partial charge in [-0.15, -0.1) is 0 Å². The maximum Gasteiger partial charge on any atom is 0.129 e. The SMILES string of the molecule is CCCC1CCC(c2cc(F)c(C3CCc4cc(OCC)ccc4C3)c(F)c2)CC1. The van der Waals surface area contributed by atoms with Gasteiger partial charge in [0.25, 0.3) is 0 Å². The lowest BCUT2D eigenvalue weighted by molar-refractivity contribution is 0.307. The summed E-state index contributed by atoms with van der Waals surface area (Å²) < 4.78 is 35.8. The van der Waals surface area contributed by atoms with Crippen molar-refractivity contribution in [3.05, 3.63) is 64.2 Å². The monoisotopic (exact) mass is 412 g/mol. The molecule has 0 spiro atoms. The molecular formula is C27H34F2O. The minimum Gasteiger partial charge on any atom is -0.494 e.